The van der Waals surface area contributed by atoms with Gasteiger partial charge in [-0.1, -0.05) is 36.4 Å². The number of para-hydroxylation sites is 2. The summed E-state index contributed by atoms with van der Waals surface area (Å²) >= 11 is 0. The fourth-order valence-corrected chi connectivity index (χ4v) is 4.43. The Labute approximate surface area is 166 Å². The summed E-state index contributed by atoms with van der Waals surface area (Å²) in [7, 11) is 0. The third-order valence-electron chi connectivity index (χ3n) is 6.25. The Balaban J connectivity index is 1.40. The Kier molecular flexibility index (Phi) is 5.23. The summed E-state index contributed by atoms with van der Waals surface area (Å²) in [6.07, 6.45) is 4.34. The summed E-state index contributed by atoms with van der Waals surface area (Å²) in [6.45, 7) is 8.01. The van der Waals surface area contributed by atoms with Gasteiger partial charge in [-0.25, -0.2) is 0 Å². The number of anilines is 1. The van der Waals surface area contributed by atoms with E-state index in [1.54, 1.807) is 0 Å². The van der Waals surface area contributed by atoms with Crippen LogP contribution in [0, 0.1) is 13.8 Å². The van der Waals surface area contributed by atoms with Crippen LogP contribution in [0.3, 0.4) is 0 Å². The minimum absolute atomic E-state index is 0.0861. The number of aromatic amines is 1. The molecule has 0 aliphatic carbocycles. The maximum atomic E-state index is 12.8. The van der Waals surface area contributed by atoms with E-state index in [-0.39, 0.29) is 11.9 Å². The smallest absolute Gasteiger partial charge is 0.241 e. The van der Waals surface area contributed by atoms with Crippen molar-refractivity contribution < 1.29 is 4.79 Å². The van der Waals surface area contributed by atoms with Gasteiger partial charge in [-0.15, -0.1) is 0 Å². The van der Waals surface area contributed by atoms with Crippen LogP contribution < -0.4 is 5.32 Å². The minimum atomic E-state index is -0.122. The molecular formula is C24H29N3O. The second-order valence-electron chi connectivity index (χ2n) is 8.03. The Morgan fingerprint density at radius 3 is 2.46 bits per heavy atom. The van der Waals surface area contributed by atoms with Gasteiger partial charge in [-0.05, 0) is 75.4 Å². The largest absolute Gasteiger partial charge is 0.361 e. The zero-order valence-corrected chi connectivity index (χ0v) is 17.0. The van der Waals surface area contributed by atoms with Gasteiger partial charge in [0.1, 0.15) is 0 Å². The van der Waals surface area contributed by atoms with Crippen LogP contribution in [0.25, 0.3) is 10.9 Å². The summed E-state index contributed by atoms with van der Waals surface area (Å²) in [4.78, 5) is 18.6. The van der Waals surface area contributed by atoms with Crippen LogP contribution in [0.2, 0.25) is 0 Å². The molecule has 1 saturated heterocycles. The highest BCUT2D eigenvalue weighted by Gasteiger charge is 2.28. The average molecular weight is 376 g/mol. The molecule has 4 heteroatoms. The molecule has 1 atom stereocenters. The van der Waals surface area contributed by atoms with E-state index in [0.29, 0.717) is 5.92 Å². The number of hydrogen-bond donors (Lipinski definition) is 2. The van der Waals surface area contributed by atoms with Crippen molar-refractivity contribution >= 4 is 22.5 Å². The van der Waals surface area contributed by atoms with Gasteiger partial charge in [0, 0.05) is 22.8 Å². The highest BCUT2D eigenvalue weighted by molar-refractivity contribution is 5.95. The lowest BCUT2D eigenvalue weighted by molar-refractivity contribution is -0.121. The number of nitrogens with one attached hydrogen (secondary N) is 2. The lowest BCUT2D eigenvalue weighted by Crippen LogP contribution is -2.45. The van der Waals surface area contributed by atoms with E-state index in [1.807, 2.05) is 39.0 Å². The monoisotopic (exact) mass is 375 g/mol. The molecule has 3 aromatic rings. The van der Waals surface area contributed by atoms with Gasteiger partial charge in [0.15, 0.2) is 0 Å². The van der Waals surface area contributed by atoms with E-state index in [2.05, 4.69) is 45.7 Å². The van der Waals surface area contributed by atoms with E-state index in [9.17, 15) is 4.79 Å². The fourth-order valence-electron chi connectivity index (χ4n) is 4.43. The van der Waals surface area contributed by atoms with Crippen LogP contribution in [0.5, 0.6) is 0 Å². The Hall–Kier alpha value is -2.59. The number of carbonyl (C=O) groups excluding carboxylic acids is 1. The molecule has 1 amide bonds. The number of likely N-dealkylation sites (tertiary alicyclic amines) is 1. The van der Waals surface area contributed by atoms with Crippen molar-refractivity contribution in [2.45, 2.75) is 45.6 Å². The first-order valence-corrected chi connectivity index (χ1v) is 10.2. The highest BCUT2D eigenvalue weighted by atomic mass is 16.2. The van der Waals surface area contributed by atoms with E-state index in [0.717, 1.165) is 42.7 Å². The summed E-state index contributed by atoms with van der Waals surface area (Å²) < 4.78 is 0. The molecule has 2 heterocycles. The quantitative estimate of drug-likeness (QED) is 0.675. The maximum absolute atomic E-state index is 12.8. The lowest BCUT2D eigenvalue weighted by Gasteiger charge is -2.35. The molecule has 1 aliphatic heterocycles. The van der Waals surface area contributed by atoms with Gasteiger partial charge in [0.25, 0.3) is 0 Å². The molecule has 4 nitrogen and oxygen atoms in total. The van der Waals surface area contributed by atoms with Crippen molar-refractivity contribution in [2.75, 3.05) is 18.4 Å². The number of fused-ring (bicyclic) bond motifs is 1. The van der Waals surface area contributed by atoms with Gasteiger partial charge >= 0.3 is 0 Å². The minimum Gasteiger partial charge on any atom is -0.361 e. The fraction of sp³-hybridized carbons (Fsp3) is 0.375. The summed E-state index contributed by atoms with van der Waals surface area (Å²) in [5.41, 5.74) is 5.80. The third kappa shape index (κ3) is 3.57. The molecule has 2 N–H and O–H groups in total. The molecule has 0 spiro atoms. The molecule has 4 rings (SSSR count). The van der Waals surface area contributed by atoms with Crippen molar-refractivity contribution in [3.05, 3.63) is 65.4 Å². The standard InChI is InChI=1S/C24H29N3O/c1-16-7-6-8-17(2)23(16)26-24(28)18(3)27-13-11-19(12-14-27)21-15-25-22-10-5-4-9-20(21)22/h4-10,15,18-19,25H,11-14H2,1-3H3,(H,26,28). The molecule has 0 bridgehead atoms. The van der Waals surface area contributed by atoms with Gasteiger partial charge in [-0.3, -0.25) is 9.69 Å². The van der Waals surface area contributed by atoms with Crippen molar-refractivity contribution in [2.24, 2.45) is 0 Å². The zero-order chi connectivity index (χ0) is 19.7. The number of piperidine rings is 1. The van der Waals surface area contributed by atoms with Crippen LogP contribution >= 0.6 is 0 Å². The number of aromatic nitrogens is 1. The molecule has 2 aromatic carbocycles. The second-order valence-corrected chi connectivity index (χ2v) is 8.03. The van der Waals surface area contributed by atoms with Crippen LogP contribution in [-0.2, 0) is 4.79 Å². The second kappa shape index (κ2) is 7.80. The molecule has 1 aliphatic rings. The van der Waals surface area contributed by atoms with Crippen LogP contribution in [0.15, 0.2) is 48.7 Å². The number of rotatable bonds is 4. The third-order valence-corrected chi connectivity index (χ3v) is 6.25. The number of hydrogen-bond acceptors (Lipinski definition) is 2. The van der Waals surface area contributed by atoms with Crippen molar-refractivity contribution in [3.8, 4) is 0 Å². The molecule has 1 aromatic heterocycles. The number of carbonyl (C=O) groups is 1. The number of amides is 1. The SMILES string of the molecule is Cc1cccc(C)c1NC(=O)C(C)N1CCC(c2c[nH]c3ccccc23)CC1. The van der Waals surface area contributed by atoms with Crippen molar-refractivity contribution in [1.82, 2.24) is 9.88 Å². The maximum Gasteiger partial charge on any atom is 0.241 e. The molecule has 0 radical (unpaired) electrons. The van der Waals surface area contributed by atoms with Crippen LogP contribution in [-0.4, -0.2) is 34.9 Å². The van der Waals surface area contributed by atoms with Gasteiger partial charge in [0.05, 0.1) is 6.04 Å². The first-order chi connectivity index (χ1) is 13.5. The summed E-state index contributed by atoms with van der Waals surface area (Å²) in [5.74, 6) is 0.643. The van der Waals surface area contributed by atoms with Crippen LogP contribution in [0.1, 0.15) is 42.4 Å². The number of nitrogens with zero attached hydrogens (tertiary/aromatic N) is 1. The number of aryl methyl sites for hydroxylation is 2. The Bertz CT molecular complexity index is 962. The van der Waals surface area contributed by atoms with E-state index < -0.39 is 0 Å². The van der Waals surface area contributed by atoms with Gasteiger partial charge in [0.2, 0.25) is 5.91 Å². The number of benzene rings is 2. The van der Waals surface area contributed by atoms with Gasteiger partial charge in [-0.2, -0.15) is 0 Å². The lowest BCUT2D eigenvalue weighted by atomic mass is 9.88. The van der Waals surface area contributed by atoms with Crippen molar-refractivity contribution in [3.63, 3.8) is 0 Å². The normalized spacial score (nSPS) is 17.0. The van der Waals surface area contributed by atoms with Crippen LogP contribution in [0.4, 0.5) is 5.69 Å². The molecule has 0 saturated carbocycles. The van der Waals surface area contributed by atoms with E-state index in [1.165, 1.54) is 16.5 Å². The Morgan fingerprint density at radius 2 is 1.75 bits per heavy atom. The molecule has 1 fully saturated rings. The molecular weight excluding hydrogens is 346 g/mol. The van der Waals surface area contributed by atoms with Gasteiger partial charge < -0.3 is 10.3 Å². The zero-order valence-electron chi connectivity index (χ0n) is 17.0. The summed E-state index contributed by atoms with van der Waals surface area (Å²) in [6, 6.07) is 14.5. The number of H-pyrrole nitrogens is 1. The Morgan fingerprint density at radius 1 is 1.07 bits per heavy atom. The first-order valence-electron chi connectivity index (χ1n) is 10.2. The topological polar surface area (TPSA) is 48.1 Å². The average Bonchev–Trinajstić information content (AvgIpc) is 3.14. The predicted octanol–water partition coefficient (Wildman–Crippen LogP) is 4.99. The highest BCUT2D eigenvalue weighted by Crippen LogP contribution is 2.33. The summed E-state index contributed by atoms with van der Waals surface area (Å²) in [5, 5.41) is 4.49. The molecule has 146 valence electrons. The van der Waals surface area contributed by atoms with Crippen molar-refractivity contribution in [1.29, 1.82) is 0 Å². The van der Waals surface area contributed by atoms with E-state index >= 15 is 0 Å². The molecule has 28 heavy (non-hydrogen) atoms. The molecule has 1 unspecified atom stereocenters. The van der Waals surface area contributed by atoms with E-state index in [4.69, 9.17) is 0 Å². The predicted molar refractivity (Wildman–Crippen MR) is 116 cm³/mol. The first kappa shape index (κ1) is 18.8.